The number of benzene rings is 1. The number of aliphatic imine (C=N–C) groups is 1. The molecule has 2 aromatic rings. The molecule has 0 aliphatic heterocycles. The highest BCUT2D eigenvalue weighted by atomic mass is 32.1. The van der Waals surface area contributed by atoms with Gasteiger partial charge in [-0.15, -0.1) is 11.3 Å². The summed E-state index contributed by atoms with van der Waals surface area (Å²) in [7, 11) is 1.75. The van der Waals surface area contributed by atoms with Gasteiger partial charge in [-0.2, -0.15) is 0 Å². The van der Waals surface area contributed by atoms with E-state index in [9.17, 15) is 4.39 Å². The number of nitrogens with zero attached hydrogens (tertiary/aromatic N) is 2. The predicted octanol–water partition coefficient (Wildman–Crippen LogP) is 2.81. The Labute approximate surface area is 134 Å². The first-order valence-electron chi connectivity index (χ1n) is 7.20. The molecule has 22 heavy (non-hydrogen) atoms. The maximum absolute atomic E-state index is 12.8. The van der Waals surface area contributed by atoms with Gasteiger partial charge in [0.2, 0.25) is 0 Å². The first-order chi connectivity index (χ1) is 10.6. The van der Waals surface area contributed by atoms with E-state index in [1.54, 1.807) is 30.5 Å². The van der Waals surface area contributed by atoms with Crippen LogP contribution < -0.4 is 10.6 Å². The highest BCUT2D eigenvalue weighted by Gasteiger charge is 2.05. The van der Waals surface area contributed by atoms with E-state index in [4.69, 9.17) is 0 Å². The second kappa shape index (κ2) is 7.89. The molecule has 2 N–H and O–H groups in total. The Bertz CT molecular complexity index is 634. The maximum Gasteiger partial charge on any atom is 0.191 e. The van der Waals surface area contributed by atoms with Gasteiger partial charge in [0.1, 0.15) is 5.82 Å². The van der Waals surface area contributed by atoms with Crippen LogP contribution in [0.3, 0.4) is 0 Å². The summed E-state index contributed by atoms with van der Waals surface area (Å²) in [6, 6.07) is 6.57. The minimum absolute atomic E-state index is 0.204. The molecule has 0 bridgehead atoms. The second-order valence-electron chi connectivity index (χ2n) is 4.97. The largest absolute Gasteiger partial charge is 0.356 e. The number of thiazole rings is 1. The Kier molecular flexibility index (Phi) is 5.89. The number of rotatable bonds is 5. The second-order valence-corrected chi connectivity index (χ2v) is 6.26. The van der Waals surface area contributed by atoms with E-state index < -0.39 is 0 Å². The van der Waals surface area contributed by atoms with Gasteiger partial charge in [0.25, 0.3) is 0 Å². The summed E-state index contributed by atoms with van der Waals surface area (Å²) in [5, 5.41) is 7.62. The van der Waals surface area contributed by atoms with Crippen LogP contribution in [-0.2, 0) is 13.0 Å². The molecule has 0 aliphatic rings. The third-order valence-corrected chi connectivity index (χ3v) is 4.33. The van der Waals surface area contributed by atoms with E-state index >= 15 is 0 Å². The number of nitrogens with one attached hydrogen (secondary N) is 2. The summed E-state index contributed by atoms with van der Waals surface area (Å²) in [5.41, 5.74) is 2.16. The van der Waals surface area contributed by atoms with Crippen molar-refractivity contribution in [3.05, 3.63) is 51.2 Å². The lowest BCUT2D eigenvalue weighted by Crippen LogP contribution is -2.37. The van der Waals surface area contributed by atoms with Crippen LogP contribution in [0.5, 0.6) is 0 Å². The fourth-order valence-electron chi connectivity index (χ4n) is 2.10. The zero-order valence-electron chi connectivity index (χ0n) is 13.1. The first kappa shape index (κ1) is 16.4. The topological polar surface area (TPSA) is 49.3 Å². The number of aryl methyl sites for hydroxylation is 2. The Hall–Kier alpha value is -1.95. The molecule has 2 rings (SSSR count). The highest BCUT2D eigenvalue weighted by Crippen LogP contribution is 2.16. The van der Waals surface area contributed by atoms with Crippen molar-refractivity contribution < 1.29 is 4.39 Å². The number of guanidine groups is 1. The molecule has 1 aromatic carbocycles. The molecule has 118 valence electrons. The van der Waals surface area contributed by atoms with Crippen LogP contribution in [0, 0.1) is 19.7 Å². The summed E-state index contributed by atoms with van der Waals surface area (Å²) in [6.45, 7) is 5.49. The van der Waals surface area contributed by atoms with E-state index in [1.165, 1.54) is 17.0 Å². The Balaban J connectivity index is 1.78. The van der Waals surface area contributed by atoms with Crippen LogP contribution in [0.4, 0.5) is 4.39 Å². The van der Waals surface area contributed by atoms with Gasteiger partial charge in [0.05, 0.1) is 17.2 Å². The fourth-order valence-corrected chi connectivity index (χ4v) is 2.98. The molecule has 0 atom stereocenters. The molecule has 0 aliphatic carbocycles. The highest BCUT2D eigenvalue weighted by molar-refractivity contribution is 7.11. The minimum atomic E-state index is -0.204. The molecule has 0 radical (unpaired) electrons. The van der Waals surface area contributed by atoms with Crippen molar-refractivity contribution in [3.63, 3.8) is 0 Å². The van der Waals surface area contributed by atoms with Crippen LogP contribution in [0.15, 0.2) is 29.3 Å². The Morgan fingerprint density at radius 3 is 2.55 bits per heavy atom. The average Bonchev–Trinajstić information content (AvgIpc) is 2.82. The van der Waals surface area contributed by atoms with Crippen molar-refractivity contribution in [2.45, 2.75) is 26.8 Å². The van der Waals surface area contributed by atoms with Gasteiger partial charge < -0.3 is 10.6 Å². The average molecular weight is 320 g/mol. The molecule has 1 heterocycles. The molecule has 4 nitrogen and oxygen atoms in total. The van der Waals surface area contributed by atoms with Crippen LogP contribution in [0.2, 0.25) is 0 Å². The molecule has 0 saturated heterocycles. The van der Waals surface area contributed by atoms with E-state index in [0.29, 0.717) is 6.54 Å². The van der Waals surface area contributed by atoms with Crippen molar-refractivity contribution >= 4 is 17.3 Å². The number of aromatic nitrogens is 1. The van der Waals surface area contributed by atoms with Crippen molar-refractivity contribution in [1.82, 2.24) is 15.6 Å². The Morgan fingerprint density at radius 1 is 1.23 bits per heavy atom. The molecule has 0 spiro atoms. The van der Waals surface area contributed by atoms with Crippen LogP contribution in [0.1, 0.15) is 21.1 Å². The van der Waals surface area contributed by atoms with Gasteiger partial charge in [-0.1, -0.05) is 12.1 Å². The molecular weight excluding hydrogens is 299 g/mol. The molecule has 0 saturated carbocycles. The standard InChI is InChI=1S/C16H21FN4S/c1-11-15(22-12(2)21-11)10-20-16(18-3)19-9-8-13-4-6-14(17)7-5-13/h4-7H,8-10H2,1-3H3,(H2,18,19,20). The summed E-state index contributed by atoms with van der Waals surface area (Å²) in [5.74, 6) is 0.553. The van der Waals surface area contributed by atoms with Gasteiger partial charge in [-0.3, -0.25) is 4.99 Å². The van der Waals surface area contributed by atoms with Crippen molar-refractivity contribution in [2.24, 2.45) is 4.99 Å². The zero-order chi connectivity index (χ0) is 15.9. The predicted molar refractivity (Wildman–Crippen MR) is 89.9 cm³/mol. The van der Waals surface area contributed by atoms with E-state index in [-0.39, 0.29) is 5.82 Å². The molecule has 0 fully saturated rings. The lowest BCUT2D eigenvalue weighted by atomic mass is 10.1. The maximum atomic E-state index is 12.8. The van der Waals surface area contributed by atoms with Gasteiger partial charge in [-0.25, -0.2) is 9.37 Å². The Morgan fingerprint density at radius 2 is 1.95 bits per heavy atom. The van der Waals surface area contributed by atoms with Crippen molar-refractivity contribution in [3.8, 4) is 0 Å². The van der Waals surface area contributed by atoms with Crippen LogP contribution in [0.25, 0.3) is 0 Å². The number of hydrogen-bond acceptors (Lipinski definition) is 3. The molecule has 1 aromatic heterocycles. The smallest absolute Gasteiger partial charge is 0.191 e. The van der Waals surface area contributed by atoms with Crippen LogP contribution in [-0.4, -0.2) is 24.5 Å². The van der Waals surface area contributed by atoms with E-state index in [2.05, 4.69) is 20.6 Å². The molecule has 6 heteroatoms. The third kappa shape index (κ3) is 4.80. The fraction of sp³-hybridized carbons (Fsp3) is 0.375. The molecule has 0 unspecified atom stereocenters. The van der Waals surface area contributed by atoms with E-state index in [0.717, 1.165) is 35.2 Å². The monoisotopic (exact) mass is 320 g/mol. The van der Waals surface area contributed by atoms with Gasteiger partial charge in [0.15, 0.2) is 5.96 Å². The van der Waals surface area contributed by atoms with Gasteiger partial charge in [-0.05, 0) is 38.0 Å². The number of hydrogen-bond donors (Lipinski definition) is 2. The molecular formula is C16H21FN4S. The zero-order valence-corrected chi connectivity index (χ0v) is 13.9. The summed E-state index contributed by atoms with van der Waals surface area (Å²) < 4.78 is 12.8. The molecule has 0 amide bonds. The lowest BCUT2D eigenvalue weighted by molar-refractivity contribution is 0.626. The van der Waals surface area contributed by atoms with Gasteiger partial charge >= 0.3 is 0 Å². The van der Waals surface area contributed by atoms with Gasteiger partial charge in [0, 0.05) is 18.5 Å². The normalized spacial score (nSPS) is 11.5. The quantitative estimate of drug-likeness (QED) is 0.658. The SMILES string of the molecule is CN=C(NCCc1ccc(F)cc1)NCc1sc(C)nc1C. The van der Waals surface area contributed by atoms with Crippen molar-refractivity contribution in [2.75, 3.05) is 13.6 Å². The van der Waals surface area contributed by atoms with Crippen LogP contribution >= 0.6 is 11.3 Å². The van der Waals surface area contributed by atoms with Crippen molar-refractivity contribution in [1.29, 1.82) is 0 Å². The number of halogens is 1. The minimum Gasteiger partial charge on any atom is -0.356 e. The summed E-state index contributed by atoms with van der Waals surface area (Å²) in [6.07, 6.45) is 0.819. The van der Waals surface area contributed by atoms with E-state index in [1.807, 2.05) is 13.8 Å². The third-order valence-electron chi connectivity index (χ3n) is 3.26. The summed E-state index contributed by atoms with van der Waals surface area (Å²) in [4.78, 5) is 9.84. The lowest BCUT2D eigenvalue weighted by Gasteiger charge is -2.11. The summed E-state index contributed by atoms with van der Waals surface area (Å²) >= 11 is 1.70. The first-order valence-corrected chi connectivity index (χ1v) is 8.02.